The van der Waals surface area contributed by atoms with Crippen molar-refractivity contribution in [2.24, 2.45) is 5.92 Å². The van der Waals surface area contributed by atoms with E-state index in [9.17, 15) is 23.1 Å². The van der Waals surface area contributed by atoms with E-state index >= 15 is 0 Å². The van der Waals surface area contributed by atoms with E-state index in [1.807, 2.05) is 0 Å². The van der Waals surface area contributed by atoms with Gasteiger partial charge in [0.05, 0.1) is 17.9 Å². The number of nitrogens with zero attached hydrogens (tertiary/aromatic N) is 3. The van der Waals surface area contributed by atoms with Crippen LogP contribution in [-0.4, -0.2) is 32.2 Å². The van der Waals surface area contributed by atoms with Gasteiger partial charge in [-0.15, -0.1) is 0 Å². The van der Waals surface area contributed by atoms with Gasteiger partial charge in [-0.1, -0.05) is 0 Å². The standard InChI is InChI=1S/C18H18F3N3O2/c19-12-4-5-13(20)16(21)15(12)18(26)23-6-1-7-24-11(9-23)8-14(22-24)17(25)10-2-3-10/h4-5,8,10,17,25H,1-3,6-7,9H2/t17-/m0/s1. The Hall–Kier alpha value is -2.35. The Labute approximate surface area is 148 Å². The Morgan fingerprint density at radius 3 is 2.65 bits per heavy atom. The first-order valence-electron chi connectivity index (χ1n) is 8.63. The molecule has 4 rings (SSSR count). The molecule has 0 bridgehead atoms. The van der Waals surface area contributed by atoms with E-state index < -0.39 is 35.0 Å². The van der Waals surface area contributed by atoms with E-state index in [0.29, 0.717) is 30.4 Å². The summed E-state index contributed by atoms with van der Waals surface area (Å²) in [6, 6.07) is 3.13. The first kappa shape index (κ1) is 17.1. The second-order valence-electron chi connectivity index (χ2n) is 6.86. The maximum absolute atomic E-state index is 14.0. The van der Waals surface area contributed by atoms with E-state index in [0.717, 1.165) is 18.9 Å². The largest absolute Gasteiger partial charge is 0.386 e. The summed E-state index contributed by atoms with van der Waals surface area (Å²) in [4.78, 5) is 13.9. The maximum atomic E-state index is 14.0. The maximum Gasteiger partial charge on any atom is 0.260 e. The number of carbonyl (C=O) groups excluding carboxylic acids is 1. The average molecular weight is 365 g/mol. The molecule has 1 atom stereocenters. The van der Waals surface area contributed by atoms with Gasteiger partial charge < -0.3 is 10.0 Å². The zero-order valence-corrected chi connectivity index (χ0v) is 14.0. The number of aryl methyl sites for hydroxylation is 1. The average Bonchev–Trinajstić information content (AvgIpc) is 3.42. The Morgan fingerprint density at radius 2 is 1.92 bits per heavy atom. The Bertz CT molecular complexity index is 864. The van der Waals surface area contributed by atoms with E-state index in [4.69, 9.17) is 0 Å². The lowest BCUT2D eigenvalue weighted by Gasteiger charge is -2.20. The second kappa shape index (κ2) is 6.42. The highest BCUT2D eigenvalue weighted by atomic mass is 19.2. The first-order valence-corrected chi connectivity index (χ1v) is 8.63. The third-order valence-electron chi connectivity index (χ3n) is 4.95. The molecule has 1 aliphatic carbocycles. The van der Waals surface area contributed by atoms with Crippen LogP contribution in [0.5, 0.6) is 0 Å². The highest BCUT2D eigenvalue weighted by molar-refractivity contribution is 5.94. The summed E-state index contributed by atoms with van der Waals surface area (Å²) in [5.74, 6) is -4.49. The van der Waals surface area contributed by atoms with Gasteiger partial charge in [0.25, 0.3) is 5.91 Å². The van der Waals surface area contributed by atoms with Crippen LogP contribution in [-0.2, 0) is 13.1 Å². The molecule has 2 aromatic rings. The van der Waals surface area contributed by atoms with Gasteiger partial charge in [0.2, 0.25) is 0 Å². The molecule has 0 radical (unpaired) electrons. The molecule has 26 heavy (non-hydrogen) atoms. The summed E-state index contributed by atoms with van der Waals surface area (Å²) in [7, 11) is 0. The topological polar surface area (TPSA) is 58.4 Å². The van der Waals surface area contributed by atoms with Crippen LogP contribution < -0.4 is 0 Å². The van der Waals surface area contributed by atoms with Gasteiger partial charge in [-0.05, 0) is 43.4 Å². The van der Waals surface area contributed by atoms with Crippen LogP contribution in [0, 0.1) is 23.4 Å². The molecule has 1 aromatic heterocycles. The zero-order valence-electron chi connectivity index (χ0n) is 14.0. The molecule has 1 saturated carbocycles. The van der Waals surface area contributed by atoms with Gasteiger partial charge in [0.15, 0.2) is 11.6 Å². The molecule has 2 aliphatic rings. The van der Waals surface area contributed by atoms with Crippen molar-refractivity contribution in [3.05, 3.63) is 52.6 Å². The molecule has 1 aliphatic heterocycles. The van der Waals surface area contributed by atoms with Crippen molar-refractivity contribution in [2.45, 2.75) is 38.5 Å². The molecule has 0 unspecified atom stereocenters. The predicted molar refractivity (Wildman–Crippen MR) is 85.6 cm³/mol. The minimum absolute atomic E-state index is 0.0958. The minimum atomic E-state index is -1.47. The second-order valence-corrected chi connectivity index (χ2v) is 6.86. The van der Waals surface area contributed by atoms with Crippen LogP contribution in [0.3, 0.4) is 0 Å². The lowest BCUT2D eigenvalue weighted by molar-refractivity contribution is 0.0734. The fraction of sp³-hybridized carbons (Fsp3) is 0.444. The number of aliphatic hydroxyl groups excluding tert-OH is 1. The molecular formula is C18H18F3N3O2. The SMILES string of the molecule is O=C(c1c(F)ccc(F)c1F)N1CCCn2nc([C@@H](O)C3CC3)cc2C1. The van der Waals surface area contributed by atoms with Gasteiger partial charge in [0, 0.05) is 13.1 Å². The smallest absolute Gasteiger partial charge is 0.260 e. The molecule has 2 heterocycles. The van der Waals surface area contributed by atoms with Crippen LogP contribution in [0.25, 0.3) is 0 Å². The van der Waals surface area contributed by atoms with Gasteiger partial charge in [0.1, 0.15) is 17.5 Å². The number of amides is 1. The summed E-state index contributed by atoms with van der Waals surface area (Å²) >= 11 is 0. The predicted octanol–water partition coefficient (Wildman–Crippen LogP) is 2.79. The fourth-order valence-corrected chi connectivity index (χ4v) is 3.34. The number of hydrogen-bond donors (Lipinski definition) is 1. The Balaban J connectivity index is 1.61. The zero-order chi connectivity index (χ0) is 18.4. The molecule has 1 aromatic carbocycles. The third-order valence-corrected chi connectivity index (χ3v) is 4.95. The van der Waals surface area contributed by atoms with E-state index in [-0.39, 0.29) is 19.0 Å². The Kier molecular flexibility index (Phi) is 4.22. The number of rotatable bonds is 3. The van der Waals surface area contributed by atoms with Gasteiger partial charge in [-0.3, -0.25) is 9.48 Å². The van der Waals surface area contributed by atoms with Crippen molar-refractivity contribution in [2.75, 3.05) is 6.54 Å². The van der Waals surface area contributed by atoms with Crippen LogP contribution in [0.2, 0.25) is 0 Å². The van der Waals surface area contributed by atoms with Gasteiger partial charge in [-0.25, -0.2) is 13.2 Å². The number of hydrogen-bond acceptors (Lipinski definition) is 3. The molecular weight excluding hydrogens is 347 g/mol. The molecule has 138 valence electrons. The molecule has 5 nitrogen and oxygen atoms in total. The quantitative estimate of drug-likeness (QED) is 0.851. The highest BCUT2D eigenvalue weighted by Crippen LogP contribution is 2.40. The lowest BCUT2D eigenvalue weighted by Crippen LogP contribution is -2.32. The molecule has 1 amide bonds. The molecule has 0 spiro atoms. The number of aliphatic hydroxyl groups is 1. The van der Waals surface area contributed by atoms with Crippen LogP contribution in [0.15, 0.2) is 18.2 Å². The summed E-state index contributed by atoms with van der Waals surface area (Å²) in [6.45, 7) is 0.904. The summed E-state index contributed by atoms with van der Waals surface area (Å²) in [6.07, 6.45) is 1.84. The minimum Gasteiger partial charge on any atom is -0.386 e. The molecule has 0 saturated heterocycles. The summed E-state index contributed by atoms with van der Waals surface area (Å²) in [5.41, 5.74) is 0.360. The van der Waals surface area contributed by atoms with Gasteiger partial charge in [-0.2, -0.15) is 5.10 Å². The third kappa shape index (κ3) is 2.98. The van der Waals surface area contributed by atoms with E-state index in [1.165, 1.54) is 4.90 Å². The van der Waals surface area contributed by atoms with Crippen molar-refractivity contribution in [3.63, 3.8) is 0 Å². The Morgan fingerprint density at radius 1 is 1.19 bits per heavy atom. The van der Waals surface area contributed by atoms with Crippen molar-refractivity contribution in [1.82, 2.24) is 14.7 Å². The van der Waals surface area contributed by atoms with Crippen molar-refractivity contribution < 1.29 is 23.1 Å². The monoisotopic (exact) mass is 365 g/mol. The summed E-state index contributed by atoms with van der Waals surface area (Å²) in [5, 5.41) is 14.6. The number of halogens is 3. The summed E-state index contributed by atoms with van der Waals surface area (Å²) < 4.78 is 43.0. The van der Waals surface area contributed by atoms with Crippen LogP contribution in [0.1, 0.15) is 47.1 Å². The van der Waals surface area contributed by atoms with Crippen LogP contribution in [0.4, 0.5) is 13.2 Å². The van der Waals surface area contributed by atoms with E-state index in [1.54, 1.807) is 10.7 Å². The number of aromatic nitrogens is 2. The number of benzene rings is 1. The van der Waals surface area contributed by atoms with Crippen molar-refractivity contribution in [1.29, 1.82) is 0 Å². The van der Waals surface area contributed by atoms with E-state index in [2.05, 4.69) is 5.10 Å². The number of fused-ring (bicyclic) bond motifs is 1. The fourth-order valence-electron chi connectivity index (χ4n) is 3.34. The lowest BCUT2D eigenvalue weighted by atomic mass is 10.1. The molecule has 8 heteroatoms. The number of carbonyl (C=O) groups is 1. The van der Waals surface area contributed by atoms with Crippen molar-refractivity contribution in [3.8, 4) is 0 Å². The van der Waals surface area contributed by atoms with Crippen molar-refractivity contribution >= 4 is 5.91 Å². The normalized spacial score (nSPS) is 18.4. The first-order chi connectivity index (χ1) is 12.5. The molecule has 1 N–H and O–H groups in total. The molecule has 1 fully saturated rings. The highest BCUT2D eigenvalue weighted by Gasteiger charge is 2.34. The van der Waals surface area contributed by atoms with Gasteiger partial charge >= 0.3 is 0 Å². The van der Waals surface area contributed by atoms with Crippen LogP contribution >= 0.6 is 0 Å².